The summed E-state index contributed by atoms with van der Waals surface area (Å²) in [7, 11) is -2.45. The molecule has 1 aliphatic heterocycles. The fourth-order valence-corrected chi connectivity index (χ4v) is 5.47. The van der Waals surface area contributed by atoms with Crippen LogP contribution in [0, 0.1) is 0 Å². The maximum Gasteiger partial charge on any atom is 0.264 e. The van der Waals surface area contributed by atoms with Crippen LogP contribution in [0.1, 0.15) is 24.0 Å². The van der Waals surface area contributed by atoms with E-state index in [0.717, 1.165) is 28.4 Å². The van der Waals surface area contributed by atoms with Gasteiger partial charge in [0.15, 0.2) is 0 Å². The zero-order valence-electron chi connectivity index (χ0n) is 20.1. The van der Waals surface area contributed by atoms with Crippen LogP contribution in [0.2, 0.25) is 0 Å². The molecule has 3 aromatic carbocycles. The predicted molar refractivity (Wildman–Crippen MR) is 137 cm³/mol. The summed E-state index contributed by atoms with van der Waals surface area (Å²) in [6, 6.07) is 22.2. The molecule has 1 fully saturated rings. The second-order valence-electron chi connectivity index (χ2n) is 8.53. The largest absolute Gasteiger partial charge is 0.497 e. The average Bonchev–Trinajstić information content (AvgIpc) is 3.31. The number of hydrogen-bond donors (Lipinski definition) is 1. The van der Waals surface area contributed by atoms with Gasteiger partial charge in [-0.25, -0.2) is 8.42 Å². The number of amides is 2. The number of hydrogen-bond acceptors (Lipinski definition) is 5. The number of ether oxygens (including phenoxy) is 1. The van der Waals surface area contributed by atoms with Crippen LogP contribution in [0.25, 0.3) is 0 Å². The Morgan fingerprint density at radius 3 is 2.25 bits per heavy atom. The zero-order chi connectivity index (χ0) is 25.5. The lowest BCUT2D eigenvalue weighted by molar-refractivity contribution is -0.128. The maximum atomic E-state index is 13.4. The van der Waals surface area contributed by atoms with Gasteiger partial charge in [0.25, 0.3) is 10.0 Å². The van der Waals surface area contributed by atoms with E-state index in [1.165, 1.54) is 19.2 Å². The van der Waals surface area contributed by atoms with Crippen LogP contribution in [-0.2, 0) is 32.7 Å². The van der Waals surface area contributed by atoms with Crippen LogP contribution in [-0.4, -0.2) is 45.3 Å². The minimum Gasteiger partial charge on any atom is -0.497 e. The predicted octanol–water partition coefficient (Wildman–Crippen LogP) is 3.33. The Kier molecular flexibility index (Phi) is 7.90. The SMILES string of the molecule is COc1ccc(N(CC(=O)NCc2ccc(CN3CCCC3=O)cc2)S(=O)(=O)c2ccccc2)cc1. The number of carbonyl (C=O) groups is 2. The standard InChI is InChI=1S/C27H29N3O5S/c1-35-24-15-13-23(14-16-24)30(36(33,34)25-6-3-2-4-7-25)20-26(31)28-18-21-9-11-22(12-10-21)19-29-17-5-8-27(29)32/h2-4,6-7,9-16H,5,8,17-20H2,1H3,(H,28,31). The molecule has 1 N–H and O–H groups in total. The summed E-state index contributed by atoms with van der Waals surface area (Å²) in [6.45, 7) is 1.25. The van der Waals surface area contributed by atoms with E-state index in [2.05, 4.69) is 5.32 Å². The van der Waals surface area contributed by atoms with E-state index in [0.29, 0.717) is 24.4 Å². The van der Waals surface area contributed by atoms with Crippen molar-refractivity contribution in [2.45, 2.75) is 30.8 Å². The molecule has 0 atom stereocenters. The summed E-state index contributed by atoms with van der Waals surface area (Å²) in [6.07, 6.45) is 1.51. The van der Waals surface area contributed by atoms with Gasteiger partial charge in [-0.3, -0.25) is 13.9 Å². The topological polar surface area (TPSA) is 96.0 Å². The van der Waals surface area contributed by atoms with Crippen molar-refractivity contribution in [1.82, 2.24) is 10.2 Å². The van der Waals surface area contributed by atoms with Crippen molar-refractivity contribution in [3.8, 4) is 5.75 Å². The van der Waals surface area contributed by atoms with Gasteiger partial charge in [-0.15, -0.1) is 0 Å². The van der Waals surface area contributed by atoms with E-state index in [1.807, 2.05) is 29.2 Å². The van der Waals surface area contributed by atoms with Gasteiger partial charge in [0, 0.05) is 26.1 Å². The van der Waals surface area contributed by atoms with Crippen molar-refractivity contribution in [2.24, 2.45) is 0 Å². The van der Waals surface area contributed by atoms with Crippen molar-refractivity contribution < 1.29 is 22.7 Å². The highest BCUT2D eigenvalue weighted by Crippen LogP contribution is 2.25. The minimum absolute atomic E-state index is 0.0979. The third-order valence-electron chi connectivity index (χ3n) is 6.04. The molecule has 188 valence electrons. The first-order chi connectivity index (χ1) is 17.4. The van der Waals surface area contributed by atoms with Crippen LogP contribution < -0.4 is 14.4 Å². The Bertz CT molecular complexity index is 1290. The summed E-state index contributed by atoms with van der Waals surface area (Å²) in [4.78, 5) is 26.6. The second kappa shape index (κ2) is 11.3. The highest BCUT2D eigenvalue weighted by Gasteiger charge is 2.27. The average molecular weight is 508 g/mol. The Labute approximate surface area is 211 Å². The molecule has 1 heterocycles. The van der Waals surface area contributed by atoms with Crippen LogP contribution >= 0.6 is 0 Å². The third-order valence-corrected chi connectivity index (χ3v) is 7.82. The van der Waals surface area contributed by atoms with Gasteiger partial charge in [-0.05, 0) is 53.9 Å². The summed E-state index contributed by atoms with van der Waals surface area (Å²) < 4.78 is 33.0. The van der Waals surface area contributed by atoms with Crippen LogP contribution in [0.4, 0.5) is 5.69 Å². The molecule has 0 saturated carbocycles. The Hall–Kier alpha value is -3.85. The second-order valence-corrected chi connectivity index (χ2v) is 10.4. The highest BCUT2D eigenvalue weighted by molar-refractivity contribution is 7.92. The number of benzene rings is 3. The number of nitrogens with zero attached hydrogens (tertiary/aromatic N) is 2. The number of methoxy groups -OCH3 is 1. The molecule has 0 bridgehead atoms. The molecule has 0 unspecified atom stereocenters. The summed E-state index contributed by atoms with van der Waals surface area (Å²) in [5.74, 6) is 0.327. The Morgan fingerprint density at radius 2 is 1.64 bits per heavy atom. The molecule has 9 heteroatoms. The first-order valence-electron chi connectivity index (χ1n) is 11.7. The molecule has 0 aromatic heterocycles. The first-order valence-corrected chi connectivity index (χ1v) is 13.1. The van der Waals surface area contributed by atoms with Crippen LogP contribution in [0.3, 0.4) is 0 Å². The molecule has 3 aromatic rings. The molecule has 36 heavy (non-hydrogen) atoms. The van der Waals surface area contributed by atoms with Gasteiger partial charge < -0.3 is 15.0 Å². The van der Waals surface area contributed by atoms with E-state index in [9.17, 15) is 18.0 Å². The van der Waals surface area contributed by atoms with E-state index in [-0.39, 0.29) is 23.9 Å². The molecular weight excluding hydrogens is 478 g/mol. The normalized spacial score (nSPS) is 13.5. The Morgan fingerprint density at radius 1 is 0.972 bits per heavy atom. The van der Waals surface area contributed by atoms with Crippen LogP contribution in [0.5, 0.6) is 5.75 Å². The van der Waals surface area contributed by atoms with Crippen molar-refractivity contribution in [3.63, 3.8) is 0 Å². The molecule has 4 rings (SSSR count). The lowest BCUT2D eigenvalue weighted by atomic mass is 10.1. The fourth-order valence-electron chi connectivity index (χ4n) is 4.02. The van der Waals surface area contributed by atoms with Crippen molar-refractivity contribution in [3.05, 3.63) is 90.0 Å². The minimum atomic E-state index is -3.97. The molecule has 0 spiro atoms. The van der Waals surface area contributed by atoms with E-state index < -0.39 is 15.9 Å². The molecule has 2 amide bonds. The van der Waals surface area contributed by atoms with Gasteiger partial charge in [0.05, 0.1) is 17.7 Å². The number of sulfonamides is 1. The van der Waals surface area contributed by atoms with E-state index >= 15 is 0 Å². The lowest BCUT2D eigenvalue weighted by Crippen LogP contribution is -2.40. The lowest BCUT2D eigenvalue weighted by Gasteiger charge is -2.24. The summed E-state index contributed by atoms with van der Waals surface area (Å²) in [5.41, 5.74) is 2.26. The first kappa shape index (κ1) is 25.2. The molecule has 8 nitrogen and oxygen atoms in total. The quantitative estimate of drug-likeness (QED) is 0.454. The van der Waals surface area contributed by atoms with E-state index in [1.54, 1.807) is 42.5 Å². The highest BCUT2D eigenvalue weighted by atomic mass is 32.2. The van der Waals surface area contributed by atoms with Gasteiger partial charge in [0.1, 0.15) is 12.3 Å². The molecular formula is C27H29N3O5S. The third kappa shape index (κ3) is 6.04. The smallest absolute Gasteiger partial charge is 0.264 e. The molecule has 1 saturated heterocycles. The van der Waals surface area contributed by atoms with Crippen LogP contribution in [0.15, 0.2) is 83.8 Å². The summed E-state index contributed by atoms with van der Waals surface area (Å²) in [5, 5.41) is 2.81. The number of nitrogens with one attached hydrogen (secondary N) is 1. The maximum absolute atomic E-state index is 13.4. The van der Waals surface area contributed by atoms with Crippen molar-refractivity contribution in [2.75, 3.05) is 24.5 Å². The number of rotatable bonds is 10. The number of likely N-dealkylation sites (tertiary alicyclic amines) is 1. The van der Waals surface area contributed by atoms with Gasteiger partial charge in [-0.1, -0.05) is 42.5 Å². The number of carbonyl (C=O) groups excluding carboxylic acids is 2. The summed E-state index contributed by atoms with van der Waals surface area (Å²) >= 11 is 0. The zero-order valence-corrected chi connectivity index (χ0v) is 20.9. The van der Waals surface area contributed by atoms with Crippen molar-refractivity contribution >= 4 is 27.5 Å². The van der Waals surface area contributed by atoms with Gasteiger partial charge >= 0.3 is 0 Å². The van der Waals surface area contributed by atoms with Crippen molar-refractivity contribution in [1.29, 1.82) is 0 Å². The van der Waals surface area contributed by atoms with Gasteiger partial charge in [0.2, 0.25) is 11.8 Å². The molecule has 1 aliphatic rings. The van der Waals surface area contributed by atoms with E-state index in [4.69, 9.17) is 4.74 Å². The molecule has 0 aliphatic carbocycles. The molecule has 0 radical (unpaired) electrons. The van der Waals surface area contributed by atoms with Gasteiger partial charge in [-0.2, -0.15) is 0 Å². The fraction of sp³-hybridized carbons (Fsp3) is 0.259. The number of anilines is 1. The Balaban J connectivity index is 1.43. The monoisotopic (exact) mass is 507 g/mol.